The fourth-order valence-electron chi connectivity index (χ4n) is 3.74. The van der Waals surface area contributed by atoms with Gasteiger partial charge in [0.1, 0.15) is 18.5 Å². The first-order valence-corrected chi connectivity index (χ1v) is 12.2. The molecule has 1 unspecified atom stereocenters. The lowest BCUT2D eigenvalue weighted by molar-refractivity contribution is -0.119. The third-order valence-electron chi connectivity index (χ3n) is 5.55. The van der Waals surface area contributed by atoms with E-state index in [4.69, 9.17) is 0 Å². The van der Waals surface area contributed by atoms with E-state index in [2.05, 4.69) is 25.6 Å². The standard InChI is InChI=1S/C26H22FN7OS/c1-18(19-11-13-20(14-12-19)33-17-28-16-29-33)30-24(35)15-36-26-32-31-25(22-9-5-6-10-23(22)27)34(26)21-7-3-2-4-8-21/h2-14,16-18H,15H2,1H3,(H,30,35). The molecule has 5 aromatic rings. The Labute approximate surface area is 211 Å². The summed E-state index contributed by atoms with van der Waals surface area (Å²) in [6.45, 7) is 1.93. The zero-order valence-corrected chi connectivity index (χ0v) is 20.1. The lowest BCUT2D eigenvalue weighted by Crippen LogP contribution is -2.28. The molecule has 0 spiro atoms. The lowest BCUT2D eigenvalue weighted by Gasteiger charge is -2.15. The molecule has 0 saturated carbocycles. The van der Waals surface area contributed by atoms with Crippen molar-refractivity contribution in [3.05, 3.63) is 103 Å². The van der Waals surface area contributed by atoms with Gasteiger partial charge in [-0.15, -0.1) is 10.2 Å². The van der Waals surface area contributed by atoms with Crippen molar-refractivity contribution in [3.8, 4) is 22.8 Å². The highest BCUT2D eigenvalue weighted by Crippen LogP contribution is 2.29. The van der Waals surface area contributed by atoms with Gasteiger partial charge in [0.25, 0.3) is 0 Å². The minimum Gasteiger partial charge on any atom is -0.349 e. The van der Waals surface area contributed by atoms with Crippen LogP contribution in [-0.2, 0) is 4.79 Å². The van der Waals surface area contributed by atoms with Crippen LogP contribution in [0.1, 0.15) is 18.5 Å². The SMILES string of the molecule is CC(NC(=O)CSc1nnc(-c2ccccc2F)n1-c1ccccc1)c1ccc(-n2cncn2)cc1. The number of rotatable bonds is 8. The lowest BCUT2D eigenvalue weighted by atomic mass is 10.1. The number of nitrogens with zero attached hydrogens (tertiary/aromatic N) is 6. The summed E-state index contributed by atoms with van der Waals surface area (Å²) in [5.74, 6) is -0.0325. The van der Waals surface area contributed by atoms with Crippen molar-refractivity contribution in [2.24, 2.45) is 0 Å². The van der Waals surface area contributed by atoms with Gasteiger partial charge in [0, 0.05) is 5.69 Å². The van der Waals surface area contributed by atoms with Gasteiger partial charge < -0.3 is 5.32 Å². The second kappa shape index (κ2) is 10.5. The van der Waals surface area contributed by atoms with E-state index in [1.807, 2.05) is 61.5 Å². The first kappa shape index (κ1) is 23.4. The van der Waals surface area contributed by atoms with Crippen LogP contribution in [0.3, 0.4) is 0 Å². The number of carbonyl (C=O) groups is 1. The zero-order chi connectivity index (χ0) is 24.9. The summed E-state index contributed by atoms with van der Waals surface area (Å²) in [5.41, 5.74) is 2.97. The molecule has 1 N–H and O–H groups in total. The molecular formula is C26H22FN7OS. The van der Waals surface area contributed by atoms with Gasteiger partial charge >= 0.3 is 0 Å². The number of aromatic nitrogens is 6. The van der Waals surface area contributed by atoms with E-state index in [1.165, 1.54) is 24.2 Å². The number of amides is 1. The van der Waals surface area contributed by atoms with Gasteiger partial charge in [-0.3, -0.25) is 9.36 Å². The highest BCUT2D eigenvalue weighted by molar-refractivity contribution is 7.99. The molecule has 0 aliphatic carbocycles. The molecule has 5 rings (SSSR count). The predicted octanol–water partition coefficient (Wildman–Crippen LogP) is 4.62. The number of benzene rings is 3. The van der Waals surface area contributed by atoms with E-state index >= 15 is 0 Å². The normalized spacial score (nSPS) is 11.8. The van der Waals surface area contributed by atoms with Crippen molar-refractivity contribution in [2.75, 3.05) is 5.75 Å². The molecule has 36 heavy (non-hydrogen) atoms. The molecule has 8 nitrogen and oxygen atoms in total. The van der Waals surface area contributed by atoms with Crippen LogP contribution >= 0.6 is 11.8 Å². The summed E-state index contributed by atoms with van der Waals surface area (Å²) in [6.07, 6.45) is 3.11. The zero-order valence-electron chi connectivity index (χ0n) is 19.3. The van der Waals surface area contributed by atoms with E-state index < -0.39 is 0 Å². The largest absolute Gasteiger partial charge is 0.349 e. The number of hydrogen-bond donors (Lipinski definition) is 1. The Hall–Kier alpha value is -4.31. The van der Waals surface area contributed by atoms with Crippen molar-refractivity contribution in [1.29, 1.82) is 0 Å². The smallest absolute Gasteiger partial charge is 0.230 e. The average Bonchev–Trinajstić information content (AvgIpc) is 3.59. The maximum absolute atomic E-state index is 14.5. The molecule has 0 aliphatic heterocycles. The summed E-state index contributed by atoms with van der Waals surface area (Å²) in [7, 11) is 0. The first-order chi connectivity index (χ1) is 17.6. The molecular weight excluding hydrogens is 477 g/mol. The maximum Gasteiger partial charge on any atom is 0.230 e. The van der Waals surface area contributed by atoms with Gasteiger partial charge in [-0.25, -0.2) is 14.1 Å². The van der Waals surface area contributed by atoms with Gasteiger partial charge in [-0.2, -0.15) is 5.10 Å². The average molecular weight is 500 g/mol. The highest BCUT2D eigenvalue weighted by Gasteiger charge is 2.20. The van der Waals surface area contributed by atoms with E-state index in [0.717, 1.165) is 16.9 Å². The number of halogens is 1. The molecule has 0 saturated heterocycles. The van der Waals surface area contributed by atoms with Gasteiger partial charge in [0.2, 0.25) is 5.91 Å². The van der Waals surface area contributed by atoms with Crippen LogP contribution in [0.2, 0.25) is 0 Å². The number of hydrogen-bond acceptors (Lipinski definition) is 6. The van der Waals surface area contributed by atoms with Crippen LogP contribution in [0.15, 0.2) is 96.7 Å². The Balaban J connectivity index is 1.30. The molecule has 2 aromatic heterocycles. The van der Waals surface area contributed by atoms with Gasteiger partial charge in [-0.1, -0.05) is 54.2 Å². The summed E-state index contributed by atoms with van der Waals surface area (Å²) in [5, 5.41) is 16.1. The molecule has 0 bridgehead atoms. The van der Waals surface area contributed by atoms with Gasteiger partial charge in [-0.05, 0) is 48.9 Å². The quantitative estimate of drug-likeness (QED) is 0.313. The third-order valence-corrected chi connectivity index (χ3v) is 6.48. The van der Waals surface area contributed by atoms with E-state index in [1.54, 1.807) is 33.8 Å². The second-order valence-corrected chi connectivity index (χ2v) is 8.91. The summed E-state index contributed by atoms with van der Waals surface area (Å²) in [4.78, 5) is 16.7. The molecule has 10 heteroatoms. The Kier molecular flexibility index (Phi) is 6.85. The van der Waals surface area contributed by atoms with Crippen molar-refractivity contribution in [1.82, 2.24) is 34.8 Å². The number of thioether (sulfide) groups is 1. The molecule has 0 radical (unpaired) electrons. The van der Waals surface area contributed by atoms with Crippen LogP contribution in [0, 0.1) is 5.82 Å². The Morgan fingerprint density at radius 1 is 0.972 bits per heavy atom. The Morgan fingerprint density at radius 2 is 1.72 bits per heavy atom. The summed E-state index contributed by atoms with van der Waals surface area (Å²) in [6, 6.07) is 23.4. The van der Waals surface area contributed by atoms with Crippen LogP contribution in [0.5, 0.6) is 0 Å². The molecule has 1 amide bonds. The van der Waals surface area contributed by atoms with Crippen molar-refractivity contribution in [3.63, 3.8) is 0 Å². The Bertz CT molecular complexity index is 1450. The van der Waals surface area contributed by atoms with Crippen LogP contribution in [0.25, 0.3) is 22.8 Å². The third kappa shape index (κ3) is 5.03. The number of carbonyl (C=O) groups excluding carboxylic acids is 1. The van der Waals surface area contributed by atoms with E-state index in [-0.39, 0.29) is 23.5 Å². The number of para-hydroxylation sites is 1. The molecule has 0 fully saturated rings. The second-order valence-electron chi connectivity index (χ2n) is 7.97. The van der Waals surface area contributed by atoms with Gasteiger partial charge in [0.15, 0.2) is 11.0 Å². The summed E-state index contributed by atoms with van der Waals surface area (Å²) < 4.78 is 18.0. The van der Waals surface area contributed by atoms with Crippen LogP contribution in [-0.4, -0.2) is 41.2 Å². The minimum absolute atomic E-state index is 0.129. The predicted molar refractivity (Wildman–Crippen MR) is 135 cm³/mol. The highest BCUT2D eigenvalue weighted by atomic mass is 32.2. The molecule has 0 aliphatic rings. The fourth-order valence-corrected chi connectivity index (χ4v) is 4.51. The topological polar surface area (TPSA) is 90.5 Å². The first-order valence-electron chi connectivity index (χ1n) is 11.2. The Morgan fingerprint density at radius 3 is 2.44 bits per heavy atom. The van der Waals surface area contributed by atoms with E-state index in [9.17, 15) is 9.18 Å². The van der Waals surface area contributed by atoms with Crippen molar-refractivity contribution in [2.45, 2.75) is 18.1 Å². The van der Waals surface area contributed by atoms with Crippen molar-refractivity contribution < 1.29 is 9.18 Å². The minimum atomic E-state index is -0.389. The molecule has 180 valence electrons. The van der Waals surface area contributed by atoms with Crippen molar-refractivity contribution >= 4 is 17.7 Å². The molecule has 1 atom stereocenters. The van der Waals surface area contributed by atoms with Crippen LogP contribution in [0.4, 0.5) is 4.39 Å². The number of nitrogens with one attached hydrogen (secondary N) is 1. The molecule has 2 heterocycles. The summed E-state index contributed by atoms with van der Waals surface area (Å²) >= 11 is 1.25. The van der Waals surface area contributed by atoms with Gasteiger partial charge in [0.05, 0.1) is 23.0 Å². The maximum atomic E-state index is 14.5. The molecule has 3 aromatic carbocycles. The van der Waals surface area contributed by atoms with E-state index in [0.29, 0.717) is 16.5 Å². The fraction of sp³-hybridized carbons (Fsp3) is 0.115. The monoisotopic (exact) mass is 499 g/mol. The van der Waals surface area contributed by atoms with Crippen LogP contribution < -0.4 is 5.32 Å².